The fourth-order valence-corrected chi connectivity index (χ4v) is 2.94. The fourth-order valence-electron chi connectivity index (χ4n) is 2.53. The Hall–Kier alpha value is -2.79. The van der Waals surface area contributed by atoms with Crippen LogP contribution in [0.25, 0.3) is 17.0 Å². The van der Waals surface area contributed by atoms with Crippen molar-refractivity contribution in [1.82, 2.24) is 0 Å². The first kappa shape index (κ1) is 18.0. The molecular formula is C21H18O4S. The van der Waals surface area contributed by atoms with Gasteiger partial charge in [0.15, 0.2) is 0 Å². The van der Waals surface area contributed by atoms with Crippen LogP contribution >= 0.6 is 11.8 Å². The highest BCUT2D eigenvalue weighted by Crippen LogP contribution is 2.19. The summed E-state index contributed by atoms with van der Waals surface area (Å²) in [6.45, 7) is 1.93. The molecule has 0 radical (unpaired) electrons. The molecule has 0 N–H and O–H groups in total. The van der Waals surface area contributed by atoms with Crippen LogP contribution in [0, 0.1) is 6.92 Å². The number of fused-ring (bicyclic) bond motifs is 1. The summed E-state index contributed by atoms with van der Waals surface area (Å²) in [7, 11) is 0. The maximum Gasteiger partial charge on any atom is 0.336 e. The first-order valence-electron chi connectivity index (χ1n) is 8.07. The van der Waals surface area contributed by atoms with Crippen molar-refractivity contribution in [3.8, 4) is 0 Å². The molecular weight excluding hydrogens is 348 g/mol. The Bertz CT molecular complexity index is 1020. The van der Waals surface area contributed by atoms with E-state index in [2.05, 4.69) is 0 Å². The van der Waals surface area contributed by atoms with Crippen LogP contribution in [0.15, 0.2) is 68.7 Å². The average molecular weight is 366 g/mol. The van der Waals surface area contributed by atoms with Gasteiger partial charge >= 0.3 is 11.6 Å². The molecule has 0 saturated heterocycles. The van der Waals surface area contributed by atoms with E-state index in [-0.39, 0.29) is 6.61 Å². The molecule has 26 heavy (non-hydrogen) atoms. The lowest BCUT2D eigenvalue weighted by Crippen LogP contribution is -2.05. The van der Waals surface area contributed by atoms with Gasteiger partial charge in [0.25, 0.3) is 0 Å². The van der Waals surface area contributed by atoms with Crippen LogP contribution in [0.5, 0.6) is 0 Å². The first-order chi connectivity index (χ1) is 12.5. The summed E-state index contributed by atoms with van der Waals surface area (Å²) < 4.78 is 10.5. The van der Waals surface area contributed by atoms with Gasteiger partial charge in [-0.2, -0.15) is 0 Å². The molecule has 3 aromatic rings. The lowest BCUT2D eigenvalue weighted by atomic mass is 10.1. The lowest BCUT2D eigenvalue weighted by Gasteiger charge is -2.06. The van der Waals surface area contributed by atoms with Crippen molar-refractivity contribution in [3.63, 3.8) is 0 Å². The Morgan fingerprint density at radius 1 is 1.15 bits per heavy atom. The average Bonchev–Trinajstić information content (AvgIpc) is 2.64. The van der Waals surface area contributed by atoms with Crippen molar-refractivity contribution in [2.45, 2.75) is 18.4 Å². The standard InChI is InChI=1S/C21H18O4S/c1-14-3-9-18-16(12-21(23)25-19(18)11-14)13-24-20(22)10-6-15-4-7-17(26-2)8-5-15/h3-12H,13H2,1-2H3. The van der Waals surface area contributed by atoms with Gasteiger partial charge in [0.2, 0.25) is 0 Å². The van der Waals surface area contributed by atoms with E-state index in [4.69, 9.17) is 9.15 Å². The number of thioether (sulfide) groups is 1. The Kier molecular flexibility index (Phi) is 5.58. The number of esters is 1. The molecule has 0 saturated carbocycles. The van der Waals surface area contributed by atoms with Crippen molar-refractivity contribution in [3.05, 3.63) is 81.7 Å². The van der Waals surface area contributed by atoms with Gasteiger partial charge in [-0.15, -0.1) is 11.8 Å². The zero-order chi connectivity index (χ0) is 18.5. The van der Waals surface area contributed by atoms with Crippen LogP contribution in [-0.4, -0.2) is 12.2 Å². The van der Waals surface area contributed by atoms with Crippen LogP contribution in [-0.2, 0) is 16.1 Å². The van der Waals surface area contributed by atoms with Crippen LogP contribution in [0.3, 0.4) is 0 Å². The fraction of sp³-hybridized carbons (Fsp3) is 0.143. The van der Waals surface area contributed by atoms with Gasteiger partial charge in [-0.05, 0) is 48.6 Å². The molecule has 0 fully saturated rings. The molecule has 1 heterocycles. The molecule has 132 valence electrons. The molecule has 0 amide bonds. The summed E-state index contributed by atoms with van der Waals surface area (Å²) in [5, 5.41) is 0.764. The number of rotatable bonds is 5. The van der Waals surface area contributed by atoms with E-state index in [1.165, 1.54) is 12.1 Å². The number of benzene rings is 2. The van der Waals surface area contributed by atoms with Gasteiger partial charge in [0, 0.05) is 28.0 Å². The second kappa shape index (κ2) is 8.06. The highest BCUT2D eigenvalue weighted by Gasteiger charge is 2.08. The summed E-state index contributed by atoms with van der Waals surface area (Å²) >= 11 is 1.66. The molecule has 3 rings (SSSR count). The summed E-state index contributed by atoms with van der Waals surface area (Å²) in [6.07, 6.45) is 5.09. The summed E-state index contributed by atoms with van der Waals surface area (Å²) in [6, 6.07) is 14.8. The molecule has 0 atom stereocenters. The Morgan fingerprint density at radius 3 is 2.65 bits per heavy atom. The van der Waals surface area contributed by atoms with Crippen molar-refractivity contribution in [2.24, 2.45) is 0 Å². The minimum absolute atomic E-state index is 0.0136. The monoisotopic (exact) mass is 366 g/mol. The zero-order valence-corrected chi connectivity index (χ0v) is 15.3. The van der Waals surface area contributed by atoms with Gasteiger partial charge in [-0.1, -0.05) is 24.3 Å². The molecule has 0 bridgehead atoms. The van der Waals surface area contributed by atoms with E-state index in [0.717, 1.165) is 21.4 Å². The molecule has 0 aliphatic carbocycles. The van der Waals surface area contributed by atoms with Crippen LogP contribution in [0.4, 0.5) is 0 Å². The van der Waals surface area contributed by atoms with Crippen molar-refractivity contribution >= 4 is 34.8 Å². The van der Waals surface area contributed by atoms with E-state index in [0.29, 0.717) is 11.1 Å². The lowest BCUT2D eigenvalue weighted by molar-refractivity contribution is -0.138. The summed E-state index contributed by atoms with van der Waals surface area (Å²) in [5.74, 6) is -0.465. The molecule has 1 aromatic heterocycles. The van der Waals surface area contributed by atoms with E-state index in [9.17, 15) is 9.59 Å². The third-order valence-corrected chi connectivity index (χ3v) is 4.63. The maximum atomic E-state index is 12.0. The van der Waals surface area contributed by atoms with Crippen molar-refractivity contribution in [2.75, 3.05) is 6.26 Å². The molecule has 0 unspecified atom stereocenters. The number of carbonyl (C=O) groups is 1. The Balaban J connectivity index is 1.70. The summed E-state index contributed by atoms with van der Waals surface area (Å²) in [5.41, 5.74) is 2.57. The minimum atomic E-state index is -0.465. The van der Waals surface area contributed by atoms with Gasteiger partial charge in [-0.3, -0.25) is 0 Å². The minimum Gasteiger partial charge on any atom is -0.458 e. The van der Waals surface area contributed by atoms with Gasteiger partial charge in [0.05, 0.1) is 0 Å². The molecule has 5 heteroatoms. The smallest absolute Gasteiger partial charge is 0.336 e. The van der Waals surface area contributed by atoms with Crippen molar-refractivity contribution < 1.29 is 13.9 Å². The largest absolute Gasteiger partial charge is 0.458 e. The Morgan fingerprint density at radius 2 is 1.92 bits per heavy atom. The normalized spacial score (nSPS) is 11.2. The van der Waals surface area contributed by atoms with E-state index < -0.39 is 11.6 Å². The predicted octanol–water partition coefficient (Wildman–Crippen LogP) is 4.58. The van der Waals surface area contributed by atoms with E-state index in [1.807, 2.05) is 49.6 Å². The number of carbonyl (C=O) groups excluding carboxylic acids is 1. The SMILES string of the molecule is CSc1ccc(C=CC(=O)OCc2cc(=O)oc3cc(C)ccc23)cc1. The van der Waals surface area contributed by atoms with E-state index >= 15 is 0 Å². The van der Waals surface area contributed by atoms with Gasteiger partial charge < -0.3 is 9.15 Å². The van der Waals surface area contributed by atoms with Gasteiger partial charge in [-0.25, -0.2) is 9.59 Å². The summed E-state index contributed by atoms with van der Waals surface area (Å²) in [4.78, 5) is 24.8. The zero-order valence-electron chi connectivity index (χ0n) is 14.5. The first-order valence-corrected chi connectivity index (χ1v) is 9.30. The molecule has 0 spiro atoms. The number of aryl methyl sites for hydroxylation is 1. The maximum absolute atomic E-state index is 12.0. The van der Waals surface area contributed by atoms with E-state index in [1.54, 1.807) is 23.9 Å². The molecule has 0 aliphatic rings. The van der Waals surface area contributed by atoms with Crippen molar-refractivity contribution in [1.29, 1.82) is 0 Å². The number of hydrogen-bond acceptors (Lipinski definition) is 5. The second-order valence-electron chi connectivity index (χ2n) is 5.80. The Labute approximate surface area is 155 Å². The third kappa shape index (κ3) is 4.43. The molecule has 0 aliphatic heterocycles. The molecule has 4 nitrogen and oxygen atoms in total. The predicted molar refractivity (Wildman–Crippen MR) is 104 cm³/mol. The third-order valence-electron chi connectivity index (χ3n) is 3.88. The highest BCUT2D eigenvalue weighted by atomic mass is 32.2. The quantitative estimate of drug-likeness (QED) is 0.286. The topological polar surface area (TPSA) is 56.5 Å². The van der Waals surface area contributed by atoms with Crippen LogP contribution < -0.4 is 5.63 Å². The van der Waals surface area contributed by atoms with Crippen LogP contribution in [0.2, 0.25) is 0 Å². The van der Waals surface area contributed by atoms with Crippen LogP contribution in [0.1, 0.15) is 16.7 Å². The second-order valence-corrected chi connectivity index (χ2v) is 6.68. The van der Waals surface area contributed by atoms with Gasteiger partial charge in [0.1, 0.15) is 12.2 Å². The highest BCUT2D eigenvalue weighted by molar-refractivity contribution is 7.98. The number of hydrogen-bond donors (Lipinski definition) is 0. The number of ether oxygens (including phenoxy) is 1. The molecule has 2 aromatic carbocycles.